The first kappa shape index (κ1) is 7.90. The highest BCUT2D eigenvalue weighted by atomic mass is 32.2. The summed E-state index contributed by atoms with van der Waals surface area (Å²) in [7, 11) is 0. The van der Waals surface area contributed by atoms with Crippen LogP contribution in [0.2, 0.25) is 0 Å². The van der Waals surface area contributed by atoms with Gasteiger partial charge in [-0.3, -0.25) is 0 Å². The number of rotatable bonds is 0. The van der Waals surface area contributed by atoms with Crippen LogP contribution < -0.4 is 10.6 Å². The molecule has 0 bridgehead atoms. The highest BCUT2D eigenvalue weighted by Crippen LogP contribution is 2.30. The molecule has 0 aromatic heterocycles. The van der Waals surface area contributed by atoms with E-state index in [-0.39, 0.29) is 0 Å². The summed E-state index contributed by atoms with van der Waals surface area (Å²) in [6, 6.07) is 0. The Morgan fingerprint density at radius 2 is 2.09 bits per heavy atom. The average molecular weight is 172 g/mol. The number of thioether (sulfide) groups is 1. The Balaban J connectivity index is 1.97. The molecule has 0 aliphatic carbocycles. The third-order valence-electron chi connectivity index (χ3n) is 2.69. The summed E-state index contributed by atoms with van der Waals surface area (Å²) in [5.74, 6) is 2.68. The lowest BCUT2D eigenvalue weighted by molar-refractivity contribution is 0.367. The standard InChI is InChI=1S/C8H16N2S/c1-3-9-4-5-10-8(1)2-6-11-7-8/h9-10H,1-7H2. The zero-order chi connectivity index (χ0) is 7.57. The van der Waals surface area contributed by atoms with Crippen LogP contribution in [0.15, 0.2) is 0 Å². The van der Waals surface area contributed by atoms with E-state index in [1.54, 1.807) is 0 Å². The summed E-state index contributed by atoms with van der Waals surface area (Å²) < 4.78 is 0. The van der Waals surface area contributed by atoms with Gasteiger partial charge in [0.1, 0.15) is 0 Å². The molecule has 0 amide bonds. The molecular formula is C8H16N2S. The van der Waals surface area contributed by atoms with Crippen molar-refractivity contribution in [3.8, 4) is 0 Å². The van der Waals surface area contributed by atoms with E-state index < -0.39 is 0 Å². The van der Waals surface area contributed by atoms with Crippen LogP contribution in [-0.4, -0.2) is 36.7 Å². The minimum absolute atomic E-state index is 0.508. The maximum Gasteiger partial charge on any atom is 0.0292 e. The average Bonchev–Trinajstić information content (AvgIpc) is 2.32. The lowest BCUT2D eigenvalue weighted by Gasteiger charge is -2.27. The fourth-order valence-electron chi connectivity index (χ4n) is 1.90. The quantitative estimate of drug-likeness (QED) is 0.554. The van der Waals surface area contributed by atoms with Crippen LogP contribution in [0, 0.1) is 0 Å². The van der Waals surface area contributed by atoms with E-state index in [9.17, 15) is 0 Å². The normalized spacial score (nSPS) is 39.3. The van der Waals surface area contributed by atoms with E-state index in [4.69, 9.17) is 0 Å². The molecule has 2 aliphatic heterocycles. The van der Waals surface area contributed by atoms with Crippen molar-refractivity contribution in [2.75, 3.05) is 31.1 Å². The zero-order valence-electron chi connectivity index (χ0n) is 6.86. The van der Waals surface area contributed by atoms with Gasteiger partial charge in [-0.1, -0.05) is 0 Å². The molecule has 1 atom stereocenters. The molecule has 2 heterocycles. The maximum atomic E-state index is 3.67. The maximum absolute atomic E-state index is 3.67. The lowest BCUT2D eigenvalue weighted by Crippen LogP contribution is -2.45. The first-order valence-electron chi connectivity index (χ1n) is 4.45. The molecule has 2 N–H and O–H groups in total. The highest BCUT2D eigenvalue weighted by Gasteiger charge is 2.33. The van der Waals surface area contributed by atoms with Crippen molar-refractivity contribution < 1.29 is 0 Å². The predicted molar refractivity (Wildman–Crippen MR) is 50.2 cm³/mol. The summed E-state index contributed by atoms with van der Waals surface area (Å²) in [5.41, 5.74) is 0.508. The van der Waals surface area contributed by atoms with Crippen LogP contribution in [-0.2, 0) is 0 Å². The van der Waals surface area contributed by atoms with Gasteiger partial charge in [-0.2, -0.15) is 11.8 Å². The fraction of sp³-hybridized carbons (Fsp3) is 1.00. The van der Waals surface area contributed by atoms with Gasteiger partial charge in [-0.15, -0.1) is 0 Å². The predicted octanol–water partition coefficient (Wildman–Crippen LogP) is 0.445. The second-order valence-corrected chi connectivity index (χ2v) is 4.61. The van der Waals surface area contributed by atoms with Gasteiger partial charge in [0.15, 0.2) is 0 Å². The lowest BCUT2D eigenvalue weighted by atomic mass is 9.95. The molecule has 2 saturated heterocycles. The number of hydrogen-bond acceptors (Lipinski definition) is 3. The van der Waals surface area contributed by atoms with Gasteiger partial charge in [0.25, 0.3) is 0 Å². The Kier molecular flexibility index (Phi) is 2.39. The molecule has 1 unspecified atom stereocenters. The monoisotopic (exact) mass is 172 g/mol. The highest BCUT2D eigenvalue weighted by molar-refractivity contribution is 7.99. The fourth-order valence-corrected chi connectivity index (χ4v) is 3.36. The van der Waals surface area contributed by atoms with E-state index in [2.05, 4.69) is 22.4 Å². The Hall–Kier alpha value is 0.270. The van der Waals surface area contributed by atoms with Crippen molar-refractivity contribution in [2.45, 2.75) is 18.4 Å². The Bertz CT molecular complexity index is 122. The Labute approximate surface area is 72.5 Å². The molecule has 2 nitrogen and oxygen atoms in total. The molecule has 0 radical (unpaired) electrons. The van der Waals surface area contributed by atoms with Crippen molar-refractivity contribution >= 4 is 11.8 Å². The molecule has 2 rings (SSSR count). The first-order chi connectivity index (χ1) is 5.41. The number of nitrogens with one attached hydrogen (secondary N) is 2. The van der Waals surface area contributed by atoms with Gasteiger partial charge in [-0.25, -0.2) is 0 Å². The van der Waals surface area contributed by atoms with Crippen LogP contribution in [0.1, 0.15) is 12.8 Å². The van der Waals surface area contributed by atoms with Crippen molar-refractivity contribution in [2.24, 2.45) is 0 Å². The van der Waals surface area contributed by atoms with Gasteiger partial charge >= 0.3 is 0 Å². The first-order valence-corrected chi connectivity index (χ1v) is 5.60. The van der Waals surface area contributed by atoms with Gasteiger partial charge in [0.2, 0.25) is 0 Å². The van der Waals surface area contributed by atoms with Gasteiger partial charge in [-0.05, 0) is 25.1 Å². The Morgan fingerprint density at radius 1 is 1.09 bits per heavy atom. The molecule has 1 spiro atoms. The topological polar surface area (TPSA) is 24.1 Å². The van der Waals surface area contributed by atoms with Crippen molar-refractivity contribution in [3.63, 3.8) is 0 Å². The van der Waals surface area contributed by atoms with E-state index in [1.165, 1.54) is 30.9 Å². The van der Waals surface area contributed by atoms with E-state index in [0.29, 0.717) is 5.54 Å². The molecule has 64 valence electrons. The minimum Gasteiger partial charge on any atom is -0.315 e. The summed E-state index contributed by atoms with van der Waals surface area (Å²) in [4.78, 5) is 0. The van der Waals surface area contributed by atoms with Crippen LogP contribution in [0.3, 0.4) is 0 Å². The van der Waals surface area contributed by atoms with E-state index in [0.717, 1.165) is 13.1 Å². The molecule has 0 aromatic carbocycles. The van der Waals surface area contributed by atoms with Crippen LogP contribution in [0.25, 0.3) is 0 Å². The molecule has 2 fully saturated rings. The molecule has 0 aromatic rings. The third kappa shape index (κ3) is 1.71. The number of hydrogen-bond donors (Lipinski definition) is 2. The van der Waals surface area contributed by atoms with Gasteiger partial charge < -0.3 is 10.6 Å². The summed E-state index contributed by atoms with van der Waals surface area (Å²) in [6.07, 6.45) is 2.69. The van der Waals surface area contributed by atoms with Crippen molar-refractivity contribution in [3.05, 3.63) is 0 Å². The van der Waals surface area contributed by atoms with Crippen molar-refractivity contribution in [1.82, 2.24) is 10.6 Å². The van der Waals surface area contributed by atoms with Crippen molar-refractivity contribution in [1.29, 1.82) is 0 Å². The third-order valence-corrected chi connectivity index (χ3v) is 3.93. The summed E-state index contributed by atoms with van der Waals surface area (Å²) in [6.45, 7) is 3.50. The molecule has 3 heteroatoms. The summed E-state index contributed by atoms with van der Waals surface area (Å²) >= 11 is 2.10. The van der Waals surface area contributed by atoms with E-state index >= 15 is 0 Å². The second kappa shape index (κ2) is 3.33. The van der Waals surface area contributed by atoms with Crippen LogP contribution in [0.4, 0.5) is 0 Å². The molecule has 11 heavy (non-hydrogen) atoms. The largest absolute Gasteiger partial charge is 0.315 e. The molecular weight excluding hydrogens is 156 g/mol. The zero-order valence-corrected chi connectivity index (χ0v) is 7.67. The SMILES string of the molecule is C1CNC2(CCN1)CCSC2. The van der Waals surface area contributed by atoms with E-state index in [1.807, 2.05) is 0 Å². The van der Waals surface area contributed by atoms with Gasteiger partial charge in [0.05, 0.1) is 0 Å². The van der Waals surface area contributed by atoms with Crippen LogP contribution in [0.5, 0.6) is 0 Å². The second-order valence-electron chi connectivity index (χ2n) is 3.51. The molecule has 2 aliphatic rings. The summed E-state index contributed by atoms with van der Waals surface area (Å²) in [5, 5.41) is 7.10. The smallest absolute Gasteiger partial charge is 0.0292 e. The van der Waals surface area contributed by atoms with Crippen LogP contribution >= 0.6 is 11.8 Å². The minimum atomic E-state index is 0.508. The molecule has 0 saturated carbocycles. The Morgan fingerprint density at radius 3 is 2.91 bits per heavy atom. The van der Waals surface area contributed by atoms with Gasteiger partial charge in [0, 0.05) is 24.4 Å².